The van der Waals surface area contributed by atoms with Crippen LogP contribution in [0.2, 0.25) is 0 Å². The molecule has 0 aromatic heterocycles. The third kappa shape index (κ3) is 5.00. The van der Waals surface area contributed by atoms with Gasteiger partial charge in [-0.2, -0.15) is 4.31 Å². The molecule has 3 aliphatic rings. The van der Waals surface area contributed by atoms with Crippen LogP contribution in [0, 0.1) is 5.92 Å². The summed E-state index contributed by atoms with van der Waals surface area (Å²) >= 11 is 0. The maximum absolute atomic E-state index is 12.4. The molecule has 3 heterocycles. The predicted octanol–water partition coefficient (Wildman–Crippen LogP) is 4.57. The van der Waals surface area contributed by atoms with E-state index in [-0.39, 0.29) is 18.4 Å². The van der Waals surface area contributed by atoms with E-state index in [0.29, 0.717) is 18.5 Å². The van der Waals surface area contributed by atoms with Crippen LogP contribution < -0.4 is 0 Å². The molecule has 0 saturated carbocycles. The van der Waals surface area contributed by atoms with Gasteiger partial charge in [0.05, 0.1) is 6.26 Å². The van der Waals surface area contributed by atoms with Gasteiger partial charge in [0.2, 0.25) is 10.0 Å². The second kappa shape index (κ2) is 9.67. The molecule has 164 valence electrons. The molecule has 4 nitrogen and oxygen atoms in total. The van der Waals surface area contributed by atoms with E-state index in [0.717, 1.165) is 32.4 Å². The smallest absolute Gasteiger partial charge is 0.211 e. The number of fused-ring (bicyclic) bond motifs is 4. The minimum absolute atomic E-state index is 0. The van der Waals surface area contributed by atoms with Crippen molar-refractivity contribution in [1.29, 1.82) is 0 Å². The van der Waals surface area contributed by atoms with Crippen LogP contribution in [0.25, 0.3) is 0 Å². The van der Waals surface area contributed by atoms with Crippen molar-refractivity contribution in [2.24, 2.45) is 5.92 Å². The Morgan fingerprint density at radius 2 is 1.97 bits per heavy atom. The monoisotopic (exact) mass is 440 g/mol. The SMILES string of the molecule is CCCCCCc1ccc2c(c1)[C@@H]1C[C@H]3[C@H](CCCN3S(C)(=O)=O)CN1CC2.Cl. The molecule has 3 atom stereocenters. The molecule has 0 spiro atoms. The molecule has 0 radical (unpaired) electrons. The van der Waals surface area contributed by atoms with Gasteiger partial charge < -0.3 is 0 Å². The molecular weight excluding hydrogens is 404 g/mol. The van der Waals surface area contributed by atoms with Crippen LogP contribution in [-0.4, -0.2) is 49.6 Å². The van der Waals surface area contributed by atoms with Crippen molar-refractivity contribution in [1.82, 2.24) is 9.21 Å². The molecule has 2 saturated heterocycles. The zero-order valence-corrected chi connectivity index (χ0v) is 19.6. The molecule has 6 heteroatoms. The Labute approximate surface area is 183 Å². The summed E-state index contributed by atoms with van der Waals surface area (Å²) in [5.74, 6) is 0.499. The van der Waals surface area contributed by atoms with E-state index >= 15 is 0 Å². The van der Waals surface area contributed by atoms with Crippen LogP contribution in [0.3, 0.4) is 0 Å². The average molecular weight is 441 g/mol. The molecule has 4 rings (SSSR count). The fourth-order valence-corrected chi connectivity index (χ4v) is 6.98. The summed E-state index contributed by atoms with van der Waals surface area (Å²) < 4.78 is 26.6. The quantitative estimate of drug-likeness (QED) is 0.608. The number of halogens is 1. The molecular formula is C23H37ClN2O2S. The van der Waals surface area contributed by atoms with Crippen LogP contribution in [0.15, 0.2) is 18.2 Å². The van der Waals surface area contributed by atoms with E-state index in [1.54, 1.807) is 0 Å². The lowest BCUT2D eigenvalue weighted by Crippen LogP contribution is -2.57. The highest BCUT2D eigenvalue weighted by Crippen LogP contribution is 2.43. The molecule has 3 aliphatic heterocycles. The Kier molecular flexibility index (Phi) is 7.69. The van der Waals surface area contributed by atoms with Crippen LogP contribution in [0.5, 0.6) is 0 Å². The van der Waals surface area contributed by atoms with E-state index in [9.17, 15) is 8.42 Å². The Hall–Kier alpha value is -0.620. The maximum Gasteiger partial charge on any atom is 0.211 e. The fraction of sp³-hybridized carbons (Fsp3) is 0.739. The summed E-state index contributed by atoms with van der Waals surface area (Å²) in [5.41, 5.74) is 4.43. The first-order valence-electron chi connectivity index (χ1n) is 11.3. The van der Waals surface area contributed by atoms with Gasteiger partial charge >= 0.3 is 0 Å². The standard InChI is InChI=1S/C23H36N2O2S.ClH/c1-3-4-5-6-8-18-10-11-19-12-14-24-17-20-9-7-13-25(28(2,26)27)22(20)16-23(24)21(19)15-18;/h10-11,15,20,22-23H,3-9,12-14,16-17H2,1-2H3;1H/t20-,22+,23+;/m1./s1. The van der Waals surface area contributed by atoms with Gasteiger partial charge in [-0.05, 0) is 61.1 Å². The van der Waals surface area contributed by atoms with Gasteiger partial charge in [-0.25, -0.2) is 8.42 Å². The van der Waals surface area contributed by atoms with Gasteiger partial charge in [0.1, 0.15) is 0 Å². The van der Waals surface area contributed by atoms with Crippen molar-refractivity contribution < 1.29 is 8.42 Å². The van der Waals surface area contributed by atoms with Gasteiger partial charge in [-0.3, -0.25) is 4.90 Å². The fourth-order valence-electron chi connectivity index (χ4n) is 5.77. The third-order valence-electron chi connectivity index (χ3n) is 7.22. The van der Waals surface area contributed by atoms with E-state index < -0.39 is 10.0 Å². The van der Waals surface area contributed by atoms with Crippen LogP contribution in [0.1, 0.15) is 74.6 Å². The third-order valence-corrected chi connectivity index (χ3v) is 8.53. The summed E-state index contributed by atoms with van der Waals surface area (Å²) in [4.78, 5) is 2.65. The van der Waals surface area contributed by atoms with Gasteiger partial charge in [-0.1, -0.05) is 44.4 Å². The molecule has 0 bridgehead atoms. The first-order chi connectivity index (χ1) is 13.5. The minimum Gasteiger partial charge on any atom is -0.296 e. The van der Waals surface area contributed by atoms with Crippen molar-refractivity contribution in [2.75, 3.05) is 25.9 Å². The minimum atomic E-state index is -3.12. The number of benzene rings is 1. The molecule has 0 amide bonds. The molecule has 0 N–H and O–H groups in total. The summed E-state index contributed by atoms with van der Waals surface area (Å²) in [7, 11) is -3.12. The molecule has 0 aliphatic carbocycles. The Morgan fingerprint density at radius 3 is 2.72 bits per heavy atom. The van der Waals surface area contributed by atoms with Crippen molar-refractivity contribution in [3.8, 4) is 0 Å². The van der Waals surface area contributed by atoms with Gasteiger partial charge in [0.15, 0.2) is 0 Å². The zero-order valence-electron chi connectivity index (χ0n) is 18.0. The van der Waals surface area contributed by atoms with Crippen LogP contribution >= 0.6 is 12.4 Å². The first kappa shape index (κ1) is 23.1. The lowest BCUT2D eigenvalue weighted by molar-refractivity contribution is 0.0222. The Morgan fingerprint density at radius 1 is 1.14 bits per heavy atom. The van der Waals surface area contributed by atoms with Crippen molar-refractivity contribution in [3.63, 3.8) is 0 Å². The number of rotatable bonds is 6. The number of hydrogen-bond donors (Lipinski definition) is 0. The topological polar surface area (TPSA) is 40.6 Å². The zero-order chi connectivity index (χ0) is 19.7. The second-order valence-electron chi connectivity index (χ2n) is 9.18. The highest BCUT2D eigenvalue weighted by molar-refractivity contribution is 7.88. The summed E-state index contributed by atoms with van der Waals surface area (Å²) in [6.45, 7) is 5.14. The number of unbranched alkanes of at least 4 members (excludes halogenated alkanes) is 3. The number of aryl methyl sites for hydroxylation is 1. The van der Waals surface area contributed by atoms with E-state index in [1.807, 2.05) is 4.31 Å². The van der Waals surface area contributed by atoms with Gasteiger partial charge in [0, 0.05) is 31.7 Å². The van der Waals surface area contributed by atoms with Crippen molar-refractivity contribution in [2.45, 2.75) is 76.8 Å². The predicted molar refractivity (Wildman–Crippen MR) is 122 cm³/mol. The van der Waals surface area contributed by atoms with Crippen LogP contribution in [0.4, 0.5) is 0 Å². The molecule has 1 aromatic rings. The molecule has 29 heavy (non-hydrogen) atoms. The first-order valence-corrected chi connectivity index (χ1v) is 13.1. The van der Waals surface area contributed by atoms with E-state index in [4.69, 9.17) is 0 Å². The number of hydrogen-bond acceptors (Lipinski definition) is 3. The lowest BCUT2D eigenvalue weighted by Gasteiger charge is -2.51. The Balaban J connectivity index is 0.00000240. The van der Waals surface area contributed by atoms with E-state index in [1.165, 1.54) is 61.5 Å². The number of piperidine rings is 2. The Bertz CT molecular complexity index is 798. The maximum atomic E-state index is 12.4. The lowest BCUT2D eigenvalue weighted by atomic mass is 9.77. The van der Waals surface area contributed by atoms with Crippen LogP contribution in [-0.2, 0) is 22.9 Å². The summed E-state index contributed by atoms with van der Waals surface area (Å²) in [6.07, 6.45) is 12.0. The normalized spacial score (nSPS) is 27.4. The molecule has 1 aromatic carbocycles. The largest absolute Gasteiger partial charge is 0.296 e. The van der Waals surface area contributed by atoms with Crippen molar-refractivity contribution >= 4 is 22.4 Å². The van der Waals surface area contributed by atoms with Gasteiger partial charge in [-0.15, -0.1) is 12.4 Å². The average Bonchev–Trinajstić information content (AvgIpc) is 2.68. The highest BCUT2D eigenvalue weighted by Gasteiger charge is 2.44. The van der Waals surface area contributed by atoms with E-state index in [2.05, 4.69) is 30.0 Å². The number of sulfonamides is 1. The van der Waals surface area contributed by atoms with Gasteiger partial charge in [0.25, 0.3) is 0 Å². The molecule has 0 unspecified atom stereocenters. The summed E-state index contributed by atoms with van der Waals surface area (Å²) in [5, 5.41) is 0. The summed E-state index contributed by atoms with van der Waals surface area (Å²) in [6, 6.07) is 7.71. The highest BCUT2D eigenvalue weighted by atomic mass is 35.5. The van der Waals surface area contributed by atoms with Crippen molar-refractivity contribution in [3.05, 3.63) is 34.9 Å². The second-order valence-corrected chi connectivity index (χ2v) is 11.1. The molecule has 2 fully saturated rings. The number of nitrogens with zero attached hydrogens (tertiary/aromatic N) is 2.